The highest BCUT2D eigenvalue weighted by Crippen LogP contribution is 1.86. The Morgan fingerprint density at radius 2 is 2.08 bits per heavy atom. The maximum absolute atomic E-state index is 10.7. The molecule has 0 aromatic heterocycles. The molecule has 3 N–H and O–H groups in total. The summed E-state index contributed by atoms with van der Waals surface area (Å²) < 4.78 is 0. The number of rotatable bonds is 6. The van der Waals surface area contributed by atoms with E-state index in [2.05, 4.69) is 17.2 Å². The predicted molar refractivity (Wildman–Crippen MR) is 48.3 cm³/mol. The summed E-state index contributed by atoms with van der Waals surface area (Å²) in [5.41, 5.74) is 0.0944. The lowest BCUT2D eigenvalue weighted by molar-refractivity contribution is -0.132. The summed E-state index contributed by atoms with van der Waals surface area (Å²) in [6.45, 7) is 3.98. The van der Waals surface area contributed by atoms with Gasteiger partial charge in [-0.25, -0.2) is 4.79 Å². The van der Waals surface area contributed by atoms with Gasteiger partial charge in [0.15, 0.2) is 0 Å². The van der Waals surface area contributed by atoms with Crippen LogP contribution < -0.4 is 10.6 Å². The molecule has 0 atom stereocenters. The van der Waals surface area contributed by atoms with Gasteiger partial charge >= 0.3 is 5.97 Å². The normalized spacial score (nSPS) is 9.31. The van der Waals surface area contributed by atoms with Gasteiger partial charge in [0.05, 0.1) is 0 Å². The zero-order valence-corrected chi connectivity index (χ0v) is 7.59. The van der Waals surface area contributed by atoms with Gasteiger partial charge in [-0.2, -0.15) is 0 Å². The minimum absolute atomic E-state index is 0.0755. The SMILES string of the molecule is C=C(CNCCC(=O)NC)C(=O)O. The summed E-state index contributed by atoms with van der Waals surface area (Å²) in [7, 11) is 1.55. The second-order valence-electron chi connectivity index (χ2n) is 2.51. The number of hydrogen-bond donors (Lipinski definition) is 3. The molecule has 0 bridgehead atoms. The fraction of sp³-hybridized carbons (Fsp3) is 0.500. The van der Waals surface area contributed by atoms with Crippen LogP contribution in [-0.4, -0.2) is 37.1 Å². The van der Waals surface area contributed by atoms with Gasteiger partial charge in [0.25, 0.3) is 0 Å². The number of nitrogens with one attached hydrogen (secondary N) is 2. The van der Waals surface area contributed by atoms with Crippen molar-refractivity contribution >= 4 is 11.9 Å². The van der Waals surface area contributed by atoms with E-state index in [1.807, 2.05) is 0 Å². The van der Waals surface area contributed by atoms with Crippen LogP contribution in [0.15, 0.2) is 12.2 Å². The van der Waals surface area contributed by atoms with Crippen molar-refractivity contribution in [3.8, 4) is 0 Å². The summed E-state index contributed by atoms with van der Waals surface area (Å²) in [6, 6.07) is 0. The maximum atomic E-state index is 10.7. The molecule has 0 heterocycles. The Hall–Kier alpha value is -1.36. The lowest BCUT2D eigenvalue weighted by Gasteiger charge is -2.03. The van der Waals surface area contributed by atoms with Gasteiger partial charge in [-0.15, -0.1) is 0 Å². The first-order valence-corrected chi connectivity index (χ1v) is 3.90. The van der Waals surface area contributed by atoms with Gasteiger partial charge in [-0.05, 0) is 0 Å². The Labute approximate surface area is 76.8 Å². The second kappa shape index (κ2) is 6.19. The first-order chi connectivity index (χ1) is 6.07. The fourth-order valence-corrected chi connectivity index (χ4v) is 0.642. The minimum atomic E-state index is -1.02. The summed E-state index contributed by atoms with van der Waals surface area (Å²) in [5.74, 6) is -1.10. The summed E-state index contributed by atoms with van der Waals surface area (Å²) in [5, 5.41) is 13.7. The number of aliphatic carboxylic acids is 1. The number of amides is 1. The van der Waals surface area contributed by atoms with E-state index in [1.165, 1.54) is 0 Å². The van der Waals surface area contributed by atoms with Crippen LogP contribution >= 0.6 is 0 Å². The van der Waals surface area contributed by atoms with E-state index in [0.717, 1.165) is 0 Å². The zero-order chi connectivity index (χ0) is 10.3. The highest BCUT2D eigenvalue weighted by molar-refractivity contribution is 5.86. The quantitative estimate of drug-likeness (QED) is 0.380. The smallest absolute Gasteiger partial charge is 0.332 e. The minimum Gasteiger partial charge on any atom is -0.478 e. The van der Waals surface area contributed by atoms with E-state index in [0.29, 0.717) is 13.0 Å². The summed E-state index contributed by atoms with van der Waals surface area (Å²) in [4.78, 5) is 21.0. The van der Waals surface area contributed by atoms with Crippen molar-refractivity contribution < 1.29 is 14.7 Å². The molecule has 0 aromatic rings. The molecular formula is C8H14N2O3. The van der Waals surface area contributed by atoms with Gasteiger partial charge in [-0.1, -0.05) is 6.58 Å². The Kier molecular flexibility index (Phi) is 5.54. The summed E-state index contributed by atoms with van der Waals surface area (Å²) in [6.07, 6.45) is 0.337. The molecular weight excluding hydrogens is 172 g/mol. The van der Waals surface area contributed by atoms with Crippen LogP contribution in [0.4, 0.5) is 0 Å². The molecule has 0 radical (unpaired) electrons. The molecule has 0 aliphatic carbocycles. The third kappa shape index (κ3) is 5.86. The Morgan fingerprint density at radius 1 is 1.46 bits per heavy atom. The van der Waals surface area contributed by atoms with Gasteiger partial charge in [0.2, 0.25) is 5.91 Å². The van der Waals surface area contributed by atoms with Crippen LogP contribution in [-0.2, 0) is 9.59 Å². The third-order valence-corrected chi connectivity index (χ3v) is 1.45. The van der Waals surface area contributed by atoms with Gasteiger partial charge in [0, 0.05) is 32.1 Å². The third-order valence-electron chi connectivity index (χ3n) is 1.45. The van der Waals surface area contributed by atoms with Crippen molar-refractivity contribution in [2.45, 2.75) is 6.42 Å². The van der Waals surface area contributed by atoms with E-state index in [1.54, 1.807) is 7.05 Å². The molecule has 0 spiro atoms. The van der Waals surface area contributed by atoms with E-state index < -0.39 is 5.97 Å². The molecule has 0 unspecified atom stereocenters. The lowest BCUT2D eigenvalue weighted by atomic mass is 10.3. The van der Waals surface area contributed by atoms with E-state index in [4.69, 9.17) is 5.11 Å². The number of carbonyl (C=O) groups excluding carboxylic acids is 1. The van der Waals surface area contributed by atoms with Crippen molar-refractivity contribution in [3.05, 3.63) is 12.2 Å². The zero-order valence-electron chi connectivity index (χ0n) is 7.59. The average molecular weight is 186 g/mol. The van der Waals surface area contributed by atoms with Crippen molar-refractivity contribution in [2.75, 3.05) is 20.1 Å². The van der Waals surface area contributed by atoms with E-state index in [9.17, 15) is 9.59 Å². The van der Waals surface area contributed by atoms with Crippen molar-refractivity contribution in [3.63, 3.8) is 0 Å². The molecule has 0 aromatic carbocycles. The molecule has 0 fully saturated rings. The molecule has 0 aliphatic rings. The van der Waals surface area contributed by atoms with Crippen molar-refractivity contribution in [1.82, 2.24) is 10.6 Å². The molecule has 5 heteroatoms. The predicted octanol–water partition coefficient (Wildman–Crippen LogP) is -0.647. The number of hydrogen-bond acceptors (Lipinski definition) is 3. The highest BCUT2D eigenvalue weighted by atomic mass is 16.4. The van der Waals surface area contributed by atoms with Crippen LogP contribution in [0.3, 0.4) is 0 Å². The molecule has 13 heavy (non-hydrogen) atoms. The number of carboxylic acids is 1. The number of carbonyl (C=O) groups is 2. The number of carboxylic acid groups (broad SMARTS) is 1. The topological polar surface area (TPSA) is 78.4 Å². The standard InChI is InChI=1S/C8H14N2O3/c1-6(8(12)13)5-10-4-3-7(11)9-2/h10H,1,3-5H2,2H3,(H,9,11)(H,12,13). The monoisotopic (exact) mass is 186 g/mol. The molecule has 0 aliphatic heterocycles. The first kappa shape index (κ1) is 11.6. The molecule has 1 amide bonds. The van der Waals surface area contributed by atoms with Gasteiger partial charge in [0.1, 0.15) is 0 Å². The summed E-state index contributed by atoms with van der Waals surface area (Å²) >= 11 is 0. The highest BCUT2D eigenvalue weighted by Gasteiger charge is 2.02. The Balaban J connectivity index is 3.41. The molecule has 0 saturated heterocycles. The van der Waals surface area contributed by atoms with Crippen LogP contribution in [0.2, 0.25) is 0 Å². The Morgan fingerprint density at radius 3 is 2.54 bits per heavy atom. The largest absolute Gasteiger partial charge is 0.478 e. The first-order valence-electron chi connectivity index (χ1n) is 3.90. The van der Waals surface area contributed by atoms with E-state index in [-0.39, 0.29) is 18.0 Å². The second-order valence-corrected chi connectivity index (χ2v) is 2.51. The Bertz CT molecular complexity index is 213. The van der Waals surface area contributed by atoms with Gasteiger partial charge in [-0.3, -0.25) is 4.79 Å². The maximum Gasteiger partial charge on any atom is 0.332 e. The molecule has 0 rings (SSSR count). The molecule has 5 nitrogen and oxygen atoms in total. The molecule has 74 valence electrons. The average Bonchev–Trinajstić information content (AvgIpc) is 2.11. The lowest BCUT2D eigenvalue weighted by Crippen LogP contribution is -2.27. The van der Waals surface area contributed by atoms with E-state index >= 15 is 0 Å². The van der Waals surface area contributed by atoms with Crippen LogP contribution in [0, 0.1) is 0 Å². The fourth-order valence-electron chi connectivity index (χ4n) is 0.642. The molecule has 0 saturated carbocycles. The van der Waals surface area contributed by atoms with Crippen molar-refractivity contribution in [2.24, 2.45) is 0 Å². The van der Waals surface area contributed by atoms with Crippen LogP contribution in [0.5, 0.6) is 0 Å². The van der Waals surface area contributed by atoms with Crippen LogP contribution in [0.1, 0.15) is 6.42 Å². The van der Waals surface area contributed by atoms with Gasteiger partial charge < -0.3 is 15.7 Å². The van der Waals surface area contributed by atoms with Crippen LogP contribution in [0.25, 0.3) is 0 Å². The van der Waals surface area contributed by atoms with Crippen molar-refractivity contribution in [1.29, 1.82) is 0 Å².